The van der Waals surface area contributed by atoms with Crippen LogP contribution in [0.15, 0.2) is 66.3 Å². The van der Waals surface area contributed by atoms with Gasteiger partial charge >= 0.3 is 0 Å². The van der Waals surface area contributed by atoms with E-state index in [-0.39, 0.29) is 6.61 Å². The van der Waals surface area contributed by atoms with Crippen LogP contribution >= 0.6 is 0 Å². The number of hydrogen-bond acceptors (Lipinski definition) is 2. The van der Waals surface area contributed by atoms with Gasteiger partial charge in [0.05, 0.1) is 0 Å². The summed E-state index contributed by atoms with van der Waals surface area (Å²) in [6, 6.07) is 8.60. The maximum absolute atomic E-state index is 8.83. The van der Waals surface area contributed by atoms with E-state index in [0.717, 1.165) is 31.5 Å². The quantitative estimate of drug-likeness (QED) is 0.765. The summed E-state index contributed by atoms with van der Waals surface area (Å²) in [5.74, 6) is 0.506. The Labute approximate surface area is 132 Å². The Morgan fingerprint density at radius 3 is 3.05 bits per heavy atom. The molecular weight excluding hydrogens is 270 g/mol. The van der Waals surface area contributed by atoms with Gasteiger partial charge in [0.2, 0.25) is 0 Å². The molecule has 22 heavy (non-hydrogen) atoms. The van der Waals surface area contributed by atoms with Gasteiger partial charge in [-0.15, -0.1) is 0 Å². The first-order chi connectivity index (χ1) is 10.8. The molecule has 1 atom stereocenters. The normalized spacial score (nSPS) is 19.4. The van der Waals surface area contributed by atoms with Crippen LogP contribution in [0.1, 0.15) is 24.8 Å². The van der Waals surface area contributed by atoms with Gasteiger partial charge in [-0.05, 0) is 54.0 Å². The largest absolute Gasteiger partial charge is 0.396 e. The van der Waals surface area contributed by atoms with Crippen molar-refractivity contribution in [2.75, 3.05) is 18.5 Å². The van der Waals surface area contributed by atoms with E-state index in [4.69, 9.17) is 5.11 Å². The zero-order chi connectivity index (χ0) is 15.2. The predicted molar refractivity (Wildman–Crippen MR) is 93.7 cm³/mol. The van der Waals surface area contributed by atoms with E-state index < -0.39 is 0 Å². The van der Waals surface area contributed by atoms with Crippen LogP contribution in [0.2, 0.25) is 0 Å². The Kier molecular flexibility index (Phi) is 4.92. The van der Waals surface area contributed by atoms with E-state index in [0.29, 0.717) is 5.92 Å². The molecule has 0 heterocycles. The molecule has 2 nitrogen and oxygen atoms in total. The molecule has 0 radical (unpaired) electrons. The Morgan fingerprint density at radius 1 is 1.18 bits per heavy atom. The molecule has 114 valence electrons. The lowest BCUT2D eigenvalue weighted by molar-refractivity contribution is 0.286. The van der Waals surface area contributed by atoms with Gasteiger partial charge in [0, 0.05) is 18.8 Å². The van der Waals surface area contributed by atoms with Gasteiger partial charge in [-0.25, -0.2) is 0 Å². The minimum absolute atomic E-state index is 0.268. The summed E-state index contributed by atoms with van der Waals surface area (Å²) in [6.45, 7) is 1.17. The lowest BCUT2D eigenvalue weighted by atomic mass is 9.88. The highest BCUT2D eigenvalue weighted by atomic mass is 16.2. The van der Waals surface area contributed by atoms with Crippen molar-refractivity contribution < 1.29 is 5.11 Å². The number of aliphatic hydroxyl groups is 1. The monoisotopic (exact) mass is 293 g/mol. The molecule has 0 fully saturated rings. The first-order valence-electron chi connectivity index (χ1n) is 8.07. The number of benzene rings is 1. The lowest BCUT2D eigenvalue weighted by Crippen LogP contribution is -2.03. The van der Waals surface area contributed by atoms with Crippen LogP contribution in [0.25, 0.3) is 5.57 Å². The molecule has 2 N–H and O–H groups in total. The minimum Gasteiger partial charge on any atom is -0.396 e. The summed E-state index contributed by atoms with van der Waals surface area (Å²) >= 11 is 0. The van der Waals surface area contributed by atoms with Gasteiger partial charge in [0.1, 0.15) is 0 Å². The summed E-state index contributed by atoms with van der Waals surface area (Å²) in [4.78, 5) is 0. The van der Waals surface area contributed by atoms with Crippen LogP contribution < -0.4 is 5.32 Å². The third-order valence-electron chi connectivity index (χ3n) is 4.10. The second kappa shape index (κ2) is 7.28. The molecule has 1 aromatic carbocycles. The van der Waals surface area contributed by atoms with Crippen LogP contribution in [0.3, 0.4) is 0 Å². The molecule has 2 heteroatoms. The SMILES string of the molecule is OCCCCNc1cccc(C2=CC3C=CC=CC(=C2)C3)c1. The van der Waals surface area contributed by atoms with E-state index in [1.807, 2.05) is 0 Å². The van der Waals surface area contributed by atoms with E-state index in [1.165, 1.54) is 16.7 Å². The molecule has 1 unspecified atom stereocenters. The first kappa shape index (κ1) is 14.9. The first-order valence-corrected chi connectivity index (χ1v) is 8.07. The van der Waals surface area contributed by atoms with Crippen LogP contribution in [-0.4, -0.2) is 18.3 Å². The van der Waals surface area contributed by atoms with Gasteiger partial charge in [-0.1, -0.05) is 48.6 Å². The van der Waals surface area contributed by atoms with Gasteiger partial charge in [0.15, 0.2) is 0 Å². The fourth-order valence-corrected chi connectivity index (χ4v) is 2.95. The van der Waals surface area contributed by atoms with Gasteiger partial charge in [0.25, 0.3) is 0 Å². The number of hydrogen-bond donors (Lipinski definition) is 2. The molecule has 0 aromatic heterocycles. The zero-order valence-corrected chi connectivity index (χ0v) is 12.8. The number of anilines is 1. The number of rotatable bonds is 6. The van der Waals surface area contributed by atoms with Crippen molar-refractivity contribution in [2.24, 2.45) is 5.92 Å². The smallest absolute Gasteiger partial charge is 0.0431 e. The van der Waals surface area contributed by atoms with Gasteiger partial charge in [-0.2, -0.15) is 0 Å². The average molecular weight is 293 g/mol. The van der Waals surface area contributed by atoms with Crippen molar-refractivity contribution in [3.63, 3.8) is 0 Å². The molecule has 0 saturated heterocycles. The molecule has 0 amide bonds. The van der Waals surface area contributed by atoms with E-state index in [2.05, 4.69) is 66.0 Å². The summed E-state index contributed by atoms with van der Waals surface area (Å²) < 4.78 is 0. The van der Waals surface area contributed by atoms with E-state index in [9.17, 15) is 0 Å². The molecule has 1 aromatic rings. The van der Waals surface area contributed by atoms with Crippen molar-refractivity contribution in [1.29, 1.82) is 0 Å². The predicted octanol–water partition coefficient (Wildman–Crippen LogP) is 4.33. The van der Waals surface area contributed by atoms with Crippen molar-refractivity contribution in [1.82, 2.24) is 0 Å². The van der Waals surface area contributed by atoms with Crippen molar-refractivity contribution >= 4 is 11.3 Å². The summed E-state index contributed by atoms with van der Waals surface area (Å²) in [5.41, 5.74) is 5.11. The summed E-state index contributed by atoms with van der Waals surface area (Å²) in [5, 5.41) is 12.3. The van der Waals surface area contributed by atoms with E-state index >= 15 is 0 Å². The summed E-state index contributed by atoms with van der Waals surface area (Å²) in [6.07, 6.45) is 16.4. The fourth-order valence-electron chi connectivity index (χ4n) is 2.95. The fraction of sp³-hybridized carbons (Fsp3) is 0.300. The highest BCUT2D eigenvalue weighted by molar-refractivity contribution is 5.78. The molecule has 3 rings (SSSR count). The highest BCUT2D eigenvalue weighted by Crippen LogP contribution is 2.32. The number of nitrogens with one attached hydrogen (secondary N) is 1. The second-order valence-electron chi connectivity index (χ2n) is 5.89. The highest BCUT2D eigenvalue weighted by Gasteiger charge is 2.14. The molecule has 2 aliphatic carbocycles. The Hall–Kier alpha value is -2.06. The van der Waals surface area contributed by atoms with Crippen molar-refractivity contribution in [3.8, 4) is 0 Å². The third kappa shape index (κ3) is 3.77. The van der Waals surface area contributed by atoms with Gasteiger partial charge in [-0.3, -0.25) is 0 Å². The number of aliphatic hydroxyl groups excluding tert-OH is 1. The van der Waals surface area contributed by atoms with Crippen LogP contribution in [0, 0.1) is 5.92 Å². The van der Waals surface area contributed by atoms with Crippen LogP contribution in [0.4, 0.5) is 5.69 Å². The number of fused-ring (bicyclic) bond motifs is 2. The maximum atomic E-state index is 8.83. The average Bonchev–Trinajstić information content (AvgIpc) is 2.72. The maximum Gasteiger partial charge on any atom is 0.0431 e. The molecule has 2 aliphatic rings. The lowest BCUT2D eigenvalue weighted by Gasteiger charge is -2.17. The van der Waals surface area contributed by atoms with Crippen LogP contribution in [0.5, 0.6) is 0 Å². The zero-order valence-electron chi connectivity index (χ0n) is 12.8. The standard InChI is InChI=1S/C20H23NO/c22-11-4-3-10-21-20-9-5-8-18(15-20)19-13-16-6-1-2-7-17(12-16)14-19/h1-2,5-9,13-16,21-22H,3-4,10-12H2. The molecular formula is C20H23NO. The van der Waals surface area contributed by atoms with Crippen molar-refractivity contribution in [3.05, 3.63) is 71.9 Å². The Morgan fingerprint density at radius 2 is 2.14 bits per heavy atom. The molecule has 2 bridgehead atoms. The molecule has 0 aliphatic heterocycles. The number of unbranched alkanes of at least 4 members (excludes halogenated alkanes) is 1. The second-order valence-corrected chi connectivity index (χ2v) is 5.89. The topological polar surface area (TPSA) is 32.3 Å². The van der Waals surface area contributed by atoms with E-state index in [1.54, 1.807) is 0 Å². The minimum atomic E-state index is 0.268. The summed E-state index contributed by atoms with van der Waals surface area (Å²) in [7, 11) is 0. The number of allylic oxidation sites excluding steroid dienone is 8. The molecule has 0 saturated carbocycles. The van der Waals surface area contributed by atoms with Gasteiger partial charge < -0.3 is 10.4 Å². The van der Waals surface area contributed by atoms with Crippen molar-refractivity contribution in [2.45, 2.75) is 19.3 Å². The Bertz CT molecular complexity index is 637. The Balaban J connectivity index is 1.75. The third-order valence-corrected chi connectivity index (χ3v) is 4.10. The molecule has 0 spiro atoms. The van der Waals surface area contributed by atoms with Crippen LogP contribution in [-0.2, 0) is 0 Å².